The first-order valence-electron chi connectivity index (χ1n) is 6.25. The maximum absolute atomic E-state index is 11.9. The minimum absolute atomic E-state index is 0.0432. The fraction of sp³-hybridized carbons (Fsp3) is 0.615. The number of pyridine rings is 1. The highest BCUT2D eigenvalue weighted by molar-refractivity contribution is 5.33. The van der Waals surface area contributed by atoms with Crippen LogP contribution >= 0.6 is 0 Å². The van der Waals surface area contributed by atoms with Crippen molar-refractivity contribution in [3.8, 4) is 0 Å². The highest BCUT2D eigenvalue weighted by Crippen LogP contribution is 2.45. The Morgan fingerprint density at radius 2 is 2.06 bits per heavy atom. The summed E-state index contributed by atoms with van der Waals surface area (Å²) in [7, 11) is 0. The first kappa shape index (κ1) is 10.8. The summed E-state index contributed by atoms with van der Waals surface area (Å²) in [5, 5.41) is 0. The lowest BCUT2D eigenvalue weighted by Crippen LogP contribution is -2.45. The molecule has 1 aromatic rings. The van der Waals surface area contributed by atoms with E-state index in [4.69, 9.17) is 10.5 Å². The van der Waals surface area contributed by atoms with Crippen molar-refractivity contribution in [3.63, 3.8) is 0 Å². The third kappa shape index (κ3) is 1.76. The van der Waals surface area contributed by atoms with Crippen molar-refractivity contribution in [2.45, 2.75) is 31.7 Å². The highest BCUT2D eigenvalue weighted by atomic mass is 16.5. The van der Waals surface area contributed by atoms with Gasteiger partial charge in [0.05, 0.1) is 18.9 Å². The number of rotatable bonds is 1. The molecule has 3 rings (SSSR count). The highest BCUT2D eigenvalue weighted by Gasteiger charge is 2.41. The van der Waals surface area contributed by atoms with E-state index in [1.807, 2.05) is 16.8 Å². The molecule has 2 heterocycles. The van der Waals surface area contributed by atoms with Gasteiger partial charge in [0.1, 0.15) is 0 Å². The van der Waals surface area contributed by atoms with E-state index in [-0.39, 0.29) is 5.56 Å². The van der Waals surface area contributed by atoms with Gasteiger partial charge >= 0.3 is 0 Å². The molecule has 2 fully saturated rings. The zero-order valence-corrected chi connectivity index (χ0v) is 9.89. The van der Waals surface area contributed by atoms with Crippen LogP contribution in [-0.4, -0.2) is 17.8 Å². The van der Waals surface area contributed by atoms with E-state index in [2.05, 4.69) is 0 Å². The fourth-order valence-corrected chi connectivity index (χ4v) is 2.99. The van der Waals surface area contributed by atoms with Gasteiger partial charge in [0.2, 0.25) is 0 Å². The first-order valence-corrected chi connectivity index (χ1v) is 6.25. The normalized spacial score (nSPS) is 23.5. The second kappa shape index (κ2) is 3.88. The molecule has 0 amide bonds. The summed E-state index contributed by atoms with van der Waals surface area (Å²) in [5.74, 6) is 0. The maximum atomic E-state index is 11.9. The zero-order valence-electron chi connectivity index (χ0n) is 9.89. The van der Waals surface area contributed by atoms with Gasteiger partial charge < -0.3 is 15.0 Å². The summed E-state index contributed by atoms with van der Waals surface area (Å²) < 4.78 is 7.12. The Kier molecular flexibility index (Phi) is 2.47. The molecule has 1 spiro atoms. The molecule has 1 aromatic heterocycles. The summed E-state index contributed by atoms with van der Waals surface area (Å²) in [6, 6.07) is 3.84. The summed E-state index contributed by atoms with van der Waals surface area (Å²) in [5.41, 5.74) is 6.40. The molecular weight excluding hydrogens is 216 g/mol. The summed E-state index contributed by atoms with van der Waals surface area (Å²) in [6.07, 6.45) is 6.32. The number of hydrogen-bond donors (Lipinski definition) is 1. The molecule has 0 aromatic carbocycles. The molecule has 0 radical (unpaired) electrons. The summed E-state index contributed by atoms with van der Waals surface area (Å²) in [4.78, 5) is 11.9. The van der Waals surface area contributed by atoms with Crippen molar-refractivity contribution < 1.29 is 4.74 Å². The largest absolute Gasteiger partial charge is 0.394 e. The third-order valence-electron chi connectivity index (χ3n) is 4.23. The van der Waals surface area contributed by atoms with Gasteiger partial charge in [-0.25, -0.2) is 0 Å². The molecule has 0 atom stereocenters. The van der Waals surface area contributed by atoms with Gasteiger partial charge in [0, 0.05) is 17.7 Å². The van der Waals surface area contributed by atoms with Gasteiger partial charge in [-0.2, -0.15) is 0 Å². The SMILES string of the molecule is Nc1cccn(C2CCC3(CC2)COC3)c1=O. The molecule has 1 saturated carbocycles. The summed E-state index contributed by atoms with van der Waals surface area (Å²) in [6.45, 7) is 1.82. The van der Waals surface area contributed by atoms with Crippen molar-refractivity contribution in [3.05, 3.63) is 28.7 Å². The van der Waals surface area contributed by atoms with E-state index in [9.17, 15) is 4.79 Å². The predicted octanol–water partition coefficient (Wildman–Crippen LogP) is 1.56. The van der Waals surface area contributed by atoms with Gasteiger partial charge in [0.25, 0.3) is 5.56 Å². The third-order valence-corrected chi connectivity index (χ3v) is 4.23. The Morgan fingerprint density at radius 1 is 1.35 bits per heavy atom. The van der Waals surface area contributed by atoms with E-state index in [1.165, 1.54) is 12.8 Å². The number of ether oxygens (including phenoxy) is 1. The van der Waals surface area contributed by atoms with Crippen molar-refractivity contribution in [2.24, 2.45) is 5.41 Å². The number of anilines is 1. The Bertz CT molecular complexity index is 467. The van der Waals surface area contributed by atoms with Crippen LogP contribution in [-0.2, 0) is 4.74 Å². The second-order valence-corrected chi connectivity index (χ2v) is 5.40. The minimum atomic E-state index is -0.0432. The van der Waals surface area contributed by atoms with Gasteiger partial charge in [-0.3, -0.25) is 4.79 Å². The van der Waals surface area contributed by atoms with Crippen LogP contribution in [0, 0.1) is 5.41 Å². The number of nitrogens with two attached hydrogens (primary N) is 1. The molecule has 0 bridgehead atoms. The molecular formula is C13H18N2O2. The molecule has 0 unspecified atom stereocenters. The van der Waals surface area contributed by atoms with Crippen LogP contribution in [0.1, 0.15) is 31.7 Å². The van der Waals surface area contributed by atoms with E-state index < -0.39 is 0 Å². The number of aromatic nitrogens is 1. The van der Waals surface area contributed by atoms with Crippen molar-refractivity contribution >= 4 is 5.69 Å². The van der Waals surface area contributed by atoms with E-state index in [0.29, 0.717) is 17.1 Å². The molecule has 2 aliphatic rings. The van der Waals surface area contributed by atoms with Gasteiger partial charge in [-0.1, -0.05) is 0 Å². The molecule has 4 heteroatoms. The number of nitrogen functional groups attached to an aromatic ring is 1. The zero-order chi connectivity index (χ0) is 11.9. The average molecular weight is 234 g/mol. The van der Waals surface area contributed by atoms with Crippen LogP contribution in [0.4, 0.5) is 5.69 Å². The van der Waals surface area contributed by atoms with E-state index >= 15 is 0 Å². The Morgan fingerprint density at radius 3 is 2.65 bits per heavy atom. The standard InChI is InChI=1S/C13H18N2O2/c14-11-2-1-7-15(12(11)16)10-3-5-13(6-4-10)8-17-9-13/h1-2,7,10H,3-6,8-9,14H2. The van der Waals surface area contributed by atoms with Crippen molar-refractivity contribution in [2.75, 3.05) is 18.9 Å². The maximum Gasteiger partial charge on any atom is 0.273 e. The topological polar surface area (TPSA) is 57.2 Å². The van der Waals surface area contributed by atoms with Crippen molar-refractivity contribution in [1.29, 1.82) is 0 Å². The van der Waals surface area contributed by atoms with Crippen molar-refractivity contribution in [1.82, 2.24) is 4.57 Å². The predicted molar refractivity (Wildman–Crippen MR) is 65.9 cm³/mol. The summed E-state index contributed by atoms with van der Waals surface area (Å²) >= 11 is 0. The second-order valence-electron chi connectivity index (χ2n) is 5.40. The smallest absolute Gasteiger partial charge is 0.273 e. The fourth-order valence-electron chi connectivity index (χ4n) is 2.99. The Balaban J connectivity index is 1.78. The molecule has 1 saturated heterocycles. The lowest BCUT2D eigenvalue weighted by molar-refractivity contribution is -0.135. The Labute approximate surface area is 100 Å². The molecule has 92 valence electrons. The first-order chi connectivity index (χ1) is 8.20. The van der Waals surface area contributed by atoms with E-state index in [0.717, 1.165) is 26.1 Å². The lowest BCUT2D eigenvalue weighted by atomic mass is 9.71. The van der Waals surface area contributed by atoms with Crippen LogP contribution < -0.4 is 11.3 Å². The lowest BCUT2D eigenvalue weighted by Gasteiger charge is -2.46. The quantitative estimate of drug-likeness (QED) is 0.802. The van der Waals surface area contributed by atoms with Crippen LogP contribution in [0.15, 0.2) is 23.1 Å². The minimum Gasteiger partial charge on any atom is -0.394 e. The van der Waals surface area contributed by atoms with E-state index in [1.54, 1.807) is 6.07 Å². The van der Waals surface area contributed by atoms with Crippen LogP contribution in [0.3, 0.4) is 0 Å². The number of nitrogens with zero attached hydrogens (tertiary/aromatic N) is 1. The van der Waals surface area contributed by atoms with Crippen LogP contribution in [0.2, 0.25) is 0 Å². The molecule has 2 N–H and O–H groups in total. The molecule has 17 heavy (non-hydrogen) atoms. The monoisotopic (exact) mass is 234 g/mol. The van der Waals surface area contributed by atoms with Gasteiger partial charge in [-0.05, 0) is 37.8 Å². The Hall–Kier alpha value is -1.29. The van der Waals surface area contributed by atoms with Gasteiger partial charge in [0.15, 0.2) is 0 Å². The molecule has 1 aliphatic carbocycles. The molecule has 1 aliphatic heterocycles. The van der Waals surface area contributed by atoms with Gasteiger partial charge in [-0.15, -0.1) is 0 Å². The number of hydrogen-bond acceptors (Lipinski definition) is 3. The average Bonchev–Trinajstić information content (AvgIpc) is 2.31. The molecule has 4 nitrogen and oxygen atoms in total. The van der Waals surface area contributed by atoms with Crippen LogP contribution in [0.25, 0.3) is 0 Å². The van der Waals surface area contributed by atoms with Crippen LogP contribution in [0.5, 0.6) is 0 Å².